The minimum absolute atomic E-state index is 0.174. The lowest BCUT2D eigenvalue weighted by atomic mass is 10.1. The van der Waals surface area contributed by atoms with E-state index >= 15 is 0 Å². The molecule has 0 aliphatic carbocycles. The Morgan fingerprint density at radius 2 is 1.78 bits per heavy atom. The summed E-state index contributed by atoms with van der Waals surface area (Å²) in [6, 6.07) is 22.8. The number of benzene rings is 3. The van der Waals surface area contributed by atoms with Crippen LogP contribution in [0.2, 0.25) is 5.02 Å². The lowest BCUT2D eigenvalue weighted by Crippen LogP contribution is -2.12. The molecule has 0 radical (unpaired) electrons. The van der Waals surface area contributed by atoms with E-state index in [1.165, 1.54) is 4.90 Å². The lowest BCUT2D eigenvalue weighted by Gasteiger charge is -2.10. The number of nitrogens with one attached hydrogen (secondary N) is 1. The number of rotatable bonds is 7. The van der Waals surface area contributed by atoms with Crippen molar-refractivity contribution in [2.24, 2.45) is 0 Å². The van der Waals surface area contributed by atoms with Gasteiger partial charge in [-0.3, -0.25) is 4.79 Å². The van der Waals surface area contributed by atoms with Crippen molar-refractivity contribution in [2.45, 2.75) is 11.8 Å². The van der Waals surface area contributed by atoms with Crippen LogP contribution in [0, 0.1) is 6.92 Å². The number of aryl methyl sites for hydroxylation is 1. The van der Waals surface area contributed by atoms with Crippen LogP contribution in [0.4, 0.5) is 5.69 Å². The zero-order valence-corrected chi connectivity index (χ0v) is 16.5. The van der Waals surface area contributed by atoms with E-state index in [2.05, 4.69) is 17.4 Å². The molecule has 0 aliphatic heterocycles. The minimum Gasteiger partial charge on any atom is -0.493 e. The van der Waals surface area contributed by atoms with Crippen LogP contribution in [-0.2, 0) is 0 Å². The maximum Gasteiger partial charge on any atom is 0.255 e. The van der Waals surface area contributed by atoms with E-state index in [1.807, 2.05) is 43.3 Å². The molecule has 0 heterocycles. The number of ether oxygens (including phenoxy) is 1. The molecule has 27 heavy (non-hydrogen) atoms. The molecule has 0 saturated heterocycles. The molecule has 0 saturated carbocycles. The van der Waals surface area contributed by atoms with E-state index < -0.39 is 0 Å². The van der Waals surface area contributed by atoms with E-state index in [1.54, 1.807) is 36.0 Å². The predicted octanol–water partition coefficient (Wildman–Crippen LogP) is 6.07. The van der Waals surface area contributed by atoms with Gasteiger partial charge in [-0.1, -0.05) is 35.9 Å². The second kappa shape index (κ2) is 9.49. The fraction of sp³-hybridized carbons (Fsp3) is 0.136. The zero-order valence-electron chi connectivity index (χ0n) is 14.9. The molecule has 0 fully saturated rings. The van der Waals surface area contributed by atoms with Gasteiger partial charge < -0.3 is 10.1 Å². The first-order valence-corrected chi connectivity index (χ1v) is 9.96. The Morgan fingerprint density at radius 3 is 2.52 bits per heavy atom. The van der Waals surface area contributed by atoms with Crippen molar-refractivity contribution in [1.29, 1.82) is 0 Å². The van der Waals surface area contributed by atoms with Gasteiger partial charge in [-0.25, -0.2) is 0 Å². The fourth-order valence-electron chi connectivity index (χ4n) is 2.46. The molecule has 138 valence electrons. The first-order chi connectivity index (χ1) is 13.1. The molecule has 0 aliphatic rings. The maximum absolute atomic E-state index is 12.4. The third kappa shape index (κ3) is 5.78. The maximum atomic E-state index is 12.4. The summed E-state index contributed by atoms with van der Waals surface area (Å²) in [5, 5.41) is 3.48. The van der Waals surface area contributed by atoms with Crippen molar-refractivity contribution in [2.75, 3.05) is 17.7 Å². The lowest BCUT2D eigenvalue weighted by molar-refractivity contribution is 0.102. The van der Waals surface area contributed by atoms with Crippen LogP contribution < -0.4 is 10.1 Å². The van der Waals surface area contributed by atoms with Crippen molar-refractivity contribution in [3.8, 4) is 5.75 Å². The summed E-state index contributed by atoms with van der Waals surface area (Å²) in [7, 11) is 0. The number of halogens is 1. The highest BCUT2D eigenvalue weighted by Gasteiger charge is 2.08. The van der Waals surface area contributed by atoms with Gasteiger partial charge in [0.05, 0.1) is 6.61 Å². The van der Waals surface area contributed by atoms with Crippen molar-refractivity contribution in [1.82, 2.24) is 0 Å². The Balaban J connectivity index is 1.50. The summed E-state index contributed by atoms with van der Waals surface area (Å²) in [6.07, 6.45) is 0. The largest absolute Gasteiger partial charge is 0.493 e. The smallest absolute Gasteiger partial charge is 0.255 e. The van der Waals surface area contributed by atoms with Crippen LogP contribution in [-0.4, -0.2) is 18.3 Å². The summed E-state index contributed by atoms with van der Waals surface area (Å²) in [6.45, 7) is 2.53. The topological polar surface area (TPSA) is 38.3 Å². The average Bonchev–Trinajstić information content (AvgIpc) is 2.69. The highest BCUT2D eigenvalue weighted by Crippen LogP contribution is 2.22. The number of thioether (sulfide) groups is 1. The first-order valence-electron chi connectivity index (χ1n) is 8.60. The van der Waals surface area contributed by atoms with Gasteiger partial charge in [-0.2, -0.15) is 0 Å². The van der Waals surface area contributed by atoms with Gasteiger partial charge in [0.15, 0.2) is 0 Å². The Bertz CT molecular complexity index is 898. The Hall–Kier alpha value is -2.43. The molecule has 5 heteroatoms. The van der Waals surface area contributed by atoms with Crippen LogP contribution in [0.1, 0.15) is 15.9 Å². The fourth-order valence-corrected chi connectivity index (χ4v) is 3.39. The standard InChI is InChI=1S/C22H20ClNO2S/c1-16-7-10-18(23)15-21(16)24-22(25)17-8-11-19(12-9-17)26-13-14-27-20-5-3-2-4-6-20/h2-12,15H,13-14H2,1H3,(H,24,25). The predicted molar refractivity (Wildman–Crippen MR) is 113 cm³/mol. The zero-order chi connectivity index (χ0) is 19.1. The van der Waals surface area contributed by atoms with Crippen molar-refractivity contribution in [3.05, 3.63) is 88.9 Å². The highest BCUT2D eigenvalue weighted by molar-refractivity contribution is 7.99. The molecule has 1 N–H and O–H groups in total. The van der Waals surface area contributed by atoms with Gasteiger partial charge in [0.1, 0.15) is 5.75 Å². The van der Waals surface area contributed by atoms with Crippen molar-refractivity contribution in [3.63, 3.8) is 0 Å². The van der Waals surface area contributed by atoms with E-state index in [9.17, 15) is 4.79 Å². The molecule has 3 aromatic rings. The van der Waals surface area contributed by atoms with E-state index in [0.717, 1.165) is 17.1 Å². The molecule has 3 nitrogen and oxygen atoms in total. The number of amides is 1. The summed E-state index contributed by atoms with van der Waals surface area (Å²) < 4.78 is 5.75. The third-order valence-electron chi connectivity index (χ3n) is 3.93. The van der Waals surface area contributed by atoms with Crippen LogP contribution in [0.25, 0.3) is 0 Å². The molecule has 0 spiro atoms. The SMILES string of the molecule is Cc1ccc(Cl)cc1NC(=O)c1ccc(OCCSc2ccccc2)cc1. The van der Waals surface area contributed by atoms with Crippen molar-refractivity contribution < 1.29 is 9.53 Å². The van der Waals surface area contributed by atoms with E-state index in [0.29, 0.717) is 22.9 Å². The Labute approximate surface area is 168 Å². The van der Waals surface area contributed by atoms with Gasteiger partial charge in [-0.15, -0.1) is 11.8 Å². The molecule has 1 amide bonds. The van der Waals surface area contributed by atoms with Gasteiger partial charge >= 0.3 is 0 Å². The van der Waals surface area contributed by atoms with Gasteiger partial charge in [0.2, 0.25) is 0 Å². The van der Waals surface area contributed by atoms with Gasteiger partial charge in [0.25, 0.3) is 5.91 Å². The van der Waals surface area contributed by atoms with Crippen LogP contribution in [0.3, 0.4) is 0 Å². The first kappa shape index (κ1) is 19.3. The third-order valence-corrected chi connectivity index (χ3v) is 5.14. The summed E-state index contributed by atoms with van der Waals surface area (Å²) >= 11 is 7.75. The second-order valence-electron chi connectivity index (χ2n) is 5.95. The van der Waals surface area contributed by atoms with E-state index in [4.69, 9.17) is 16.3 Å². The van der Waals surface area contributed by atoms with Crippen molar-refractivity contribution >= 4 is 35.0 Å². The molecular formula is C22H20ClNO2S. The number of carbonyl (C=O) groups is 1. The summed E-state index contributed by atoms with van der Waals surface area (Å²) in [5.41, 5.74) is 2.25. The normalized spacial score (nSPS) is 10.4. The number of carbonyl (C=O) groups excluding carboxylic acids is 1. The van der Waals surface area contributed by atoms with Crippen LogP contribution in [0.15, 0.2) is 77.7 Å². The number of hydrogen-bond acceptors (Lipinski definition) is 3. The average molecular weight is 398 g/mol. The van der Waals surface area contributed by atoms with Crippen LogP contribution >= 0.6 is 23.4 Å². The number of anilines is 1. The molecule has 0 bridgehead atoms. The van der Waals surface area contributed by atoms with Crippen LogP contribution in [0.5, 0.6) is 5.75 Å². The van der Waals surface area contributed by atoms with Gasteiger partial charge in [0, 0.05) is 26.9 Å². The molecule has 0 atom stereocenters. The quantitative estimate of drug-likeness (QED) is 0.388. The molecule has 3 aromatic carbocycles. The second-order valence-corrected chi connectivity index (χ2v) is 7.55. The Morgan fingerprint density at radius 1 is 1.04 bits per heavy atom. The monoisotopic (exact) mass is 397 g/mol. The molecular weight excluding hydrogens is 378 g/mol. The Kier molecular flexibility index (Phi) is 6.80. The minimum atomic E-state index is -0.174. The summed E-state index contributed by atoms with van der Waals surface area (Å²) in [5.74, 6) is 1.44. The molecule has 0 aromatic heterocycles. The van der Waals surface area contributed by atoms with Gasteiger partial charge in [-0.05, 0) is 61.0 Å². The molecule has 0 unspecified atom stereocenters. The molecule has 3 rings (SSSR count). The number of hydrogen-bond donors (Lipinski definition) is 1. The van der Waals surface area contributed by atoms with E-state index in [-0.39, 0.29) is 5.91 Å². The summed E-state index contributed by atoms with van der Waals surface area (Å²) in [4.78, 5) is 13.6. The highest BCUT2D eigenvalue weighted by atomic mass is 35.5.